The van der Waals surface area contributed by atoms with Gasteiger partial charge in [-0.3, -0.25) is 14.4 Å². The number of carbonyl (C=O) groups excluding carboxylic acids is 4. The van der Waals surface area contributed by atoms with E-state index >= 15 is 0 Å². The normalized spacial score (nSPS) is 12.4. The zero-order valence-electron chi connectivity index (χ0n) is 23.5. The van der Waals surface area contributed by atoms with Gasteiger partial charge in [-0.15, -0.1) is 6.42 Å². The summed E-state index contributed by atoms with van der Waals surface area (Å²) in [5, 5.41) is 5.43. The average Bonchev–Trinajstić information content (AvgIpc) is 2.84. The monoisotopic (exact) mass is 534 g/mol. The van der Waals surface area contributed by atoms with E-state index in [0.29, 0.717) is 23.2 Å². The van der Waals surface area contributed by atoms with E-state index in [9.17, 15) is 19.2 Å². The van der Waals surface area contributed by atoms with Crippen LogP contribution in [0.5, 0.6) is 0 Å². The van der Waals surface area contributed by atoms with Crippen LogP contribution >= 0.6 is 0 Å². The summed E-state index contributed by atoms with van der Waals surface area (Å²) < 4.78 is 5.30. The van der Waals surface area contributed by atoms with Crippen LogP contribution < -0.4 is 16.4 Å². The number of nitrogens with one attached hydrogen (secondary N) is 2. The third kappa shape index (κ3) is 8.60. The summed E-state index contributed by atoms with van der Waals surface area (Å²) in [5.41, 5.74) is 7.76. The molecule has 4 N–H and O–H groups in total. The lowest BCUT2D eigenvalue weighted by Crippen LogP contribution is -2.53. The van der Waals surface area contributed by atoms with Crippen LogP contribution in [0.15, 0.2) is 42.5 Å². The first-order chi connectivity index (χ1) is 18.3. The Morgan fingerprint density at radius 1 is 1.05 bits per heavy atom. The molecule has 39 heavy (non-hydrogen) atoms. The van der Waals surface area contributed by atoms with Crippen molar-refractivity contribution in [1.29, 1.82) is 0 Å². The summed E-state index contributed by atoms with van der Waals surface area (Å²) in [6.45, 7) is 10.7. The molecular formula is C30H38N4O5. The van der Waals surface area contributed by atoms with Gasteiger partial charge in [0.2, 0.25) is 11.8 Å². The fourth-order valence-corrected chi connectivity index (χ4v) is 4.18. The minimum absolute atomic E-state index is 0.133. The summed E-state index contributed by atoms with van der Waals surface area (Å²) in [5.74, 6) is 0.622. The van der Waals surface area contributed by atoms with Crippen molar-refractivity contribution in [3.63, 3.8) is 0 Å². The summed E-state index contributed by atoms with van der Waals surface area (Å²) in [4.78, 5) is 53.8. The molecule has 2 rings (SSSR count). The van der Waals surface area contributed by atoms with Crippen LogP contribution in [0, 0.1) is 26.2 Å². The second-order valence-electron chi connectivity index (χ2n) is 10.3. The fourth-order valence-electron chi connectivity index (χ4n) is 4.18. The van der Waals surface area contributed by atoms with E-state index in [1.807, 2.05) is 39.0 Å². The Balaban J connectivity index is 2.61. The van der Waals surface area contributed by atoms with Gasteiger partial charge in [-0.1, -0.05) is 49.2 Å². The first-order valence-corrected chi connectivity index (χ1v) is 12.8. The number of nitrogens with zero attached hydrogens (tertiary/aromatic N) is 1. The number of ether oxygens (including phenoxy) is 1. The highest BCUT2D eigenvalue weighted by atomic mass is 16.6. The van der Waals surface area contributed by atoms with E-state index in [0.717, 1.165) is 11.1 Å². The number of benzene rings is 2. The number of aryl methyl sites for hydroxylation is 2. The quantitative estimate of drug-likeness (QED) is 0.397. The van der Waals surface area contributed by atoms with E-state index in [2.05, 4.69) is 16.6 Å². The molecule has 0 bridgehead atoms. The SMILES string of the molecule is C#Cc1ccccc1C(C(=O)Nc1c(C)cccc1C)N(CCC)C(=O)C(CC(N)=O)NC(=O)OC(C)(C)C. The van der Waals surface area contributed by atoms with Crippen LogP contribution in [-0.2, 0) is 19.1 Å². The molecule has 0 aliphatic rings. The van der Waals surface area contributed by atoms with Crippen molar-refractivity contribution in [3.05, 3.63) is 64.7 Å². The zero-order chi connectivity index (χ0) is 29.3. The molecule has 2 aromatic carbocycles. The first-order valence-electron chi connectivity index (χ1n) is 12.8. The van der Waals surface area contributed by atoms with Crippen LogP contribution in [0.1, 0.15) is 68.8 Å². The topological polar surface area (TPSA) is 131 Å². The lowest BCUT2D eigenvalue weighted by atomic mass is 9.96. The largest absolute Gasteiger partial charge is 0.444 e. The maximum Gasteiger partial charge on any atom is 0.408 e. The maximum atomic E-state index is 14.0. The van der Waals surface area contributed by atoms with Crippen LogP contribution in [0.3, 0.4) is 0 Å². The van der Waals surface area contributed by atoms with Crippen molar-refractivity contribution in [1.82, 2.24) is 10.2 Å². The molecule has 9 heteroatoms. The predicted molar refractivity (Wildman–Crippen MR) is 151 cm³/mol. The molecule has 0 saturated heterocycles. The van der Waals surface area contributed by atoms with Gasteiger partial charge in [0.25, 0.3) is 5.91 Å². The molecule has 0 aliphatic heterocycles. The number of para-hydroxylation sites is 1. The van der Waals surface area contributed by atoms with Gasteiger partial charge >= 0.3 is 6.09 Å². The third-order valence-electron chi connectivity index (χ3n) is 5.84. The number of anilines is 1. The standard InChI is InChI=1S/C30H38N4O5/c1-8-17-34(28(37)23(18-24(31)35)32-29(38)39-30(5,6)7)26(22-16-11-10-15-21(22)9-2)27(36)33-25-19(3)13-12-14-20(25)4/h2,10-16,23,26H,8,17-18H2,1,3-7H3,(H2,31,35)(H,32,38)(H,33,36). The molecule has 9 nitrogen and oxygen atoms in total. The van der Waals surface area contributed by atoms with E-state index in [1.54, 1.807) is 45.0 Å². The highest BCUT2D eigenvalue weighted by Gasteiger charge is 2.37. The minimum Gasteiger partial charge on any atom is -0.444 e. The molecule has 2 unspecified atom stereocenters. The molecule has 0 aliphatic carbocycles. The van der Waals surface area contributed by atoms with E-state index < -0.39 is 47.9 Å². The lowest BCUT2D eigenvalue weighted by Gasteiger charge is -2.34. The molecule has 208 valence electrons. The Hall–Kier alpha value is -4.32. The molecule has 0 saturated carbocycles. The number of alkyl carbamates (subject to hydrolysis) is 1. The number of rotatable bonds is 10. The smallest absolute Gasteiger partial charge is 0.408 e. The first kappa shape index (κ1) is 30.9. The predicted octanol–water partition coefficient (Wildman–Crippen LogP) is 3.97. The van der Waals surface area contributed by atoms with Crippen molar-refractivity contribution < 1.29 is 23.9 Å². The van der Waals surface area contributed by atoms with Gasteiger partial charge in [0.1, 0.15) is 17.7 Å². The van der Waals surface area contributed by atoms with Crippen molar-refractivity contribution >= 4 is 29.5 Å². The fraction of sp³-hybridized carbons (Fsp3) is 0.400. The van der Waals surface area contributed by atoms with Crippen LogP contribution in [0.25, 0.3) is 0 Å². The van der Waals surface area contributed by atoms with Gasteiger partial charge in [0.05, 0.1) is 6.42 Å². The molecule has 0 fully saturated rings. The van der Waals surface area contributed by atoms with E-state index in [1.165, 1.54) is 4.90 Å². The molecular weight excluding hydrogens is 496 g/mol. The van der Waals surface area contributed by atoms with Crippen molar-refractivity contribution in [2.75, 3.05) is 11.9 Å². The maximum absolute atomic E-state index is 14.0. The number of hydrogen-bond acceptors (Lipinski definition) is 5. The average molecular weight is 535 g/mol. The van der Waals surface area contributed by atoms with Gasteiger partial charge in [-0.2, -0.15) is 0 Å². The molecule has 2 atom stereocenters. The Labute approximate surface area is 230 Å². The van der Waals surface area contributed by atoms with Crippen LogP contribution in [-0.4, -0.2) is 46.9 Å². The number of carbonyl (C=O) groups is 4. The van der Waals surface area contributed by atoms with Crippen molar-refractivity contribution in [2.24, 2.45) is 5.73 Å². The van der Waals surface area contributed by atoms with Gasteiger partial charge < -0.3 is 26.0 Å². The Bertz CT molecular complexity index is 1240. The highest BCUT2D eigenvalue weighted by Crippen LogP contribution is 2.29. The van der Waals surface area contributed by atoms with E-state index in [-0.39, 0.29) is 6.54 Å². The Morgan fingerprint density at radius 2 is 1.67 bits per heavy atom. The number of terminal acetylenes is 1. The van der Waals surface area contributed by atoms with Crippen LogP contribution in [0.2, 0.25) is 0 Å². The van der Waals surface area contributed by atoms with E-state index in [4.69, 9.17) is 16.9 Å². The highest BCUT2D eigenvalue weighted by molar-refractivity contribution is 6.00. The molecule has 0 radical (unpaired) electrons. The molecule has 0 spiro atoms. The molecule has 0 heterocycles. The number of primary amides is 1. The summed E-state index contributed by atoms with van der Waals surface area (Å²) >= 11 is 0. The summed E-state index contributed by atoms with van der Waals surface area (Å²) in [6, 6.07) is 9.93. The zero-order valence-corrected chi connectivity index (χ0v) is 23.5. The van der Waals surface area contributed by atoms with Gasteiger partial charge in [0, 0.05) is 17.8 Å². The van der Waals surface area contributed by atoms with Gasteiger partial charge in [-0.25, -0.2) is 4.79 Å². The molecule has 0 aromatic heterocycles. The number of amides is 4. The molecule has 4 amide bonds. The second-order valence-corrected chi connectivity index (χ2v) is 10.3. The number of nitrogens with two attached hydrogens (primary N) is 1. The lowest BCUT2D eigenvalue weighted by molar-refractivity contribution is -0.141. The molecule has 2 aromatic rings. The number of hydrogen-bond donors (Lipinski definition) is 3. The van der Waals surface area contributed by atoms with Crippen molar-refractivity contribution in [3.8, 4) is 12.3 Å². The minimum atomic E-state index is -1.36. The van der Waals surface area contributed by atoms with Crippen LogP contribution in [0.4, 0.5) is 10.5 Å². The summed E-state index contributed by atoms with van der Waals surface area (Å²) in [6.07, 6.45) is 4.87. The second kappa shape index (κ2) is 13.5. The van der Waals surface area contributed by atoms with Gasteiger partial charge in [-0.05, 0) is 63.8 Å². The summed E-state index contributed by atoms with van der Waals surface area (Å²) in [7, 11) is 0. The van der Waals surface area contributed by atoms with Gasteiger partial charge in [0.15, 0.2) is 0 Å². The Kier molecular flexibility index (Phi) is 10.7. The Morgan fingerprint density at radius 3 is 2.21 bits per heavy atom. The third-order valence-corrected chi connectivity index (χ3v) is 5.84. The van der Waals surface area contributed by atoms with Crippen molar-refractivity contribution in [2.45, 2.75) is 72.1 Å².